The number of hydrogen-bond donors (Lipinski definition) is 3. The van der Waals surface area contributed by atoms with E-state index in [1.807, 2.05) is 0 Å². The second-order valence-electron chi connectivity index (χ2n) is 4.90. The van der Waals surface area contributed by atoms with Crippen LogP contribution in [0.5, 0.6) is 0 Å². The number of amides is 2. The number of benzene rings is 1. The predicted octanol–water partition coefficient (Wildman–Crippen LogP) is 2.01. The largest absolute Gasteiger partial charge is 0.352 e. The molecule has 0 atom stereocenters. The molecule has 22 heavy (non-hydrogen) atoms. The van der Waals surface area contributed by atoms with Crippen molar-refractivity contribution in [3.63, 3.8) is 0 Å². The van der Waals surface area contributed by atoms with Gasteiger partial charge in [0.05, 0.1) is 16.6 Å². The first-order chi connectivity index (χ1) is 10.1. The van der Waals surface area contributed by atoms with E-state index < -0.39 is 0 Å². The molecule has 8 heteroatoms. The Hall–Kier alpha value is -1.01. The highest BCUT2D eigenvalue weighted by atomic mass is 35.5. The minimum atomic E-state index is -0.353. The van der Waals surface area contributed by atoms with Crippen molar-refractivity contribution in [2.24, 2.45) is 0 Å². The molecule has 0 radical (unpaired) electrons. The summed E-state index contributed by atoms with van der Waals surface area (Å²) in [5.74, 6) is -0.538. The van der Waals surface area contributed by atoms with Gasteiger partial charge in [0.25, 0.3) is 5.91 Å². The van der Waals surface area contributed by atoms with Crippen LogP contribution in [0, 0.1) is 0 Å². The lowest BCUT2D eigenvalue weighted by Crippen LogP contribution is -2.46. The molecule has 0 saturated carbocycles. The van der Waals surface area contributed by atoms with Crippen molar-refractivity contribution >= 4 is 47.4 Å². The number of carbonyl (C=O) groups excluding carboxylic acids is 2. The van der Waals surface area contributed by atoms with Gasteiger partial charge in [0.2, 0.25) is 5.91 Å². The molecular formula is C14H18Cl3N3O2. The first-order valence-electron chi connectivity index (χ1n) is 6.79. The summed E-state index contributed by atoms with van der Waals surface area (Å²) in [6, 6.07) is 4.77. The molecule has 2 amide bonds. The average Bonchev–Trinajstić information content (AvgIpc) is 2.48. The summed E-state index contributed by atoms with van der Waals surface area (Å²) >= 11 is 11.6. The molecule has 5 nitrogen and oxygen atoms in total. The second-order valence-corrected chi connectivity index (χ2v) is 5.72. The number of hydrogen-bond acceptors (Lipinski definition) is 3. The molecule has 122 valence electrons. The van der Waals surface area contributed by atoms with E-state index in [-0.39, 0.29) is 36.8 Å². The van der Waals surface area contributed by atoms with Crippen LogP contribution in [-0.2, 0) is 4.79 Å². The van der Waals surface area contributed by atoms with Crippen LogP contribution >= 0.6 is 35.6 Å². The fourth-order valence-electron chi connectivity index (χ4n) is 2.14. The minimum absolute atomic E-state index is 0. The number of rotatable bonds is 4. The van der Waals surface area contributed by atoms with E-state index in [1.54, 1.807) is 12.1 Å². The van der Waals surface area contributed by atoms with E-state index in [4.69, 9.17) is 23.2 Å². The molecule has 1 saturated heterocycles. The standard InChI is InChI=1S/C14H17Cl2N3O2.ClH/c15-11-2-1-9(7-12(11)16)14(21)18-8-13(20)19-10-3-5-17-6-4-10;/h1-2,7,10,17H,3-6,8H2,(H,18,21)(H,19,20);1H. The first kappa shape index (κ1) is 19.0. The zero-order valence-electron chi connectivity index (χ0n) is 11.8. The van der Waals surface area contributed by atoms with Gasteiger partial charge in [-0.1, -0.05) is 23.2 Å². The highest BCUT2D eigenvalue weighted by molar-refractivity contribution is 6.42. The molecule has 1 aliphatic rings. The molecule has 3 N–H and O–H groups in total. The fourth-order valence-corrected chi connectivity index (χ4v) is 2.44. The van der Waals surface area contributed by atoms with Gasteiger partial charge >= 0.3 is 0 Å². The van der Waals surface area contributed by atoms with Crippen molar-refractivity contribution in [3.8, 4) is 0 Å². The van der Waals surface area contributed by atoms with Gasteiger partial charge in [0.1, 0.15) is 0 Å². The molecule has 1 heterocycles. The van der Waals surface area contributed by atoms with Gasteiger partial charge in [-0.15, -0.1) is 12.4 Å². The maximum Gasteiger partial charge on any atom is 0.251 e. The van der Waals surface area contributed by atoms with Crippen molar-refractivity contribution in [2.45, 2.75) is 18.9 Å². The lowest BCUT2D eigenvalue weighted by atomic mass is 10.1. The van der Waals surface area contributed by atoms with Gasteiger partial charge < -0.3 is 16.0 Å². The minimum Gasteiger partial charge on any atom is -0.352 e. The van der Waals surface area contributed by atoms with Crippen LogP contribution in [0.3, 0.4) is 0 Å². The molecule has 1 aliphatic heterocycles. The van der Waals surface area contributed by atoms with Crippen LogP contribution in [0.1, 0.15) is 23.2 Å². The Morgan fingerprint density at radius 1 is 1.18 bits per heavy atom. The molecule has 2 rings (SSSR count). The highest BCUT2D eigenvalue weighted by Gasteiger charge is 2.16. The van der Waals surface area contributed by atoms with Crippen molar-refractivity contribution in [3.05, 3.63) is 33.8 Å². The predicted molar refractivity (Wildman–Crippen MR) is 90.1 cm³/mol. The third-order valence-corrected chi connectivity index (χ3v) is 4.03. The zero-order valence-corrected chi connectivity index (χ0v) is 14.2. The SMILES string of the molecule is Cl.O=C(CNC(=O)c1ccc(Cl)c(Cl)c1)NC1CCNCC1. The van der Waals surface area contributed by atoms with E-state index in [0.29, 0.717) is 15.6 Å². The Morgan fingerprint density at radius 2 is 1.86 bits per heavy atom. The molecular weight excluding hydrogens is 349 g/mol. The quantitative estimate of drug-likeness (QED) is 0.763. The van der Waals surface area contributed by atoms with E-state index in [0.717, 1.165) is 25.9 Å². The van der Waals surface area contributed by atoms with Gasteiger partial charge in [-0.2, -0.15) is 0 Å². The Labute approximate surface area is 145 Å². The number of halogens is 3. The average molecular weight is 367 g/mol. The molecule has 1 fully saturated rings. The Kier molecular flexibility index (Phi) is 7.96. The Bertz CT molecular complexity index is 534. The molecule has 0 aliphatic carbocycles. The van der Waals surface area contributed by atoms with Crippen molar-refractivity contribution in [1.82, 2.24) is 16.0 Å². The molecule has 1 aromatic rings. The van der Waals surface area contributed by atoms with Crippen LogP contribution in [-0.4, -0.2) is 37.5 Å². The monoisotopic (exact) mass is 365 g/mol. The number of carbonyl (C=O) groups is 2. The van der Waals surface area contributed by atoms with Gasteiger partial charge in [0, 0.05) is 11.6 Å². The van der Waals surface area contributed by atoms with E-state index in [9.17, 15) is 9.59 Å². The van der Waals surface area contributed by atoms with Gasteiger partial charge in [-0.05, 0) is 44.1 Å². The maximum atomic E-state index is 11.9. The zero-order chi connectivity index (χ0) is 15.2. The van der Waals surface area contributed by atoms with Crippen LogP contribution in [0.2, 0.25) is 10.0 Å². The molecule has 0 bridgehead atoms. The summed E-state index contributed by atoms with van der Waals surface area (Å²) in [4.78, 5) is 23.7. The summed E-state index contributed by atoms with van der Waals surface area (Å²) < 4.78 is 0. The van der Waals surface area contributed by atoms with E-state index >= 15 is 0 Å². The summed E-state index contributed by atoms with van der Waals surface area (Å²) in [5, 5.41) is 9.39. The molecule has 0 unspecified atom stereocenters. The molecule has 0 spiro atoms. The van der Waals surface area contributed by atoms with Crippen LogP contribution < -0.4 is 16.0 Å². The lowest BCUT2D eigenvalue weighted by Gasteiger charge is -2.23. The molecule has 0 aromatic heterocycles. The van der Waals surface area contributed by atoms with Gasteiger partial charge in [0.15, 0.2) is 0 Å². The smallest absolute Gasteiger partial charge is 0.251 e. The lowest BCUT2D eigenvalue weighted by molar-refractivity contribution is -0.121. The highest BCUT2D eigenvalue weighted by Crippen LogP contribution is 2.22. The topological polar surface area (TPSA) is 70.2 Å². The van der Waals surface area contributed by atoms with Crippen LogP contribution in [0.4, 0.5) is 0 Å². The summed E-state index contributed by atoms with van der Waals surface area (Å²) in [6.07, 6.45) is 1.82. The summed E-state index contributed by atoms with van der Waals surface area (Å²) in [7, 11) is 0. The summed E-state index contributed by atoms with van der Waals surface area (Å²) in [5.41, 5.74) is 0.374. The fraction of sp³-hybridized carbons (Fsp3) is 0.429. The van der Waals surface area contributed by atoms with Crippen LogP contribution in [0.25, 0.3) is 0 Å². The first-order valence-corrected chi connectivity index (χ1v) is 7.55. The van der Waals surface area contributed by atoms with Crippen LogP contribution in [0.15, 0.2) is 18.2 Å². The van der Waals surface area contributed by atoms with Crippen molar-refractivity contribution in [2.75, 3.05) is 19.6 Å². The normalized spacial score (nSPS) is 14.8. The second kappa shape index (κ2) is 9.20. The van der Waals surface area contributed by atoms with Crippen molar-refractivity contribution in [1.29, 1.82) is 0 Å². The van der Waals surface area contributed by atoms with Gasteiger partial charge in [-0.3, -0.25) is 9.59 Å². The van der Waals surface area contributed by atoms with E-state index in [1.165, 1.54) is 6.07 Å². The Morgan fingerprint density at radius 3 is 2.50 bits per heavy atom. The summed E-state index contributed by atoms with van der Waals surface area (Å²) in [6.45, 7) is 1.75. The van der Waals surface area contributed by atoms with Crippen molar-refractivity contribution < 1.29 is 9.59 Å². The number of nitrogens with one attached hydrogen (secondary N) is 3. The van der Waals surface area contributed by atoms with E-state index in [2.05, 4.69) is 16.0 Å². The van der Waals surface area contributed by atoms with Gasteiger partial charge in [-0.25, -0.2) is 0 Å². The third-order valence-electron chi connectivity index (χ3n) is 3.30. The Balaban J connectivity index is 0.00000242. The number of piperidine rings is 1. The maximum absolute atomic E-state index is 11.9. The third kappa shape index (κ3) is 5.65. The molecule has 1 aromatic carbocycles.